The van der Waals surface area contributed by atoms with E-state index in [1.54, 1.807) is 71.6 Å². The molecular weight excluding hydrogens is 1960 g/mol. The Hall–Kier alpha value is -10.3. The average Bonchev–Trinajstić information content (AvgIpc) is 0.808. The molecule has 0 N–H and O–H groups in total. The van der Waals surface area contributed by atoms with E-state index in [1.165, 1.54) is 40.6 Å². The van der Waals surface area contributed by atoms with Gasteiger partial charge in [-0.2, -0.15) is 26.3 Å². The van der Waals surface area contributed by atoms with Crippen molar-refractivity contribution >= 4 is 207 Å². The molecule has 4 heterocycles. The molecule has 0 aromatic heterocycles. The zero-order chi connectivity index (χ0) is 94.8. The number of anilines is 4. The molecule has 12 nitrogen and oxygen atoms in total. The van der Waals surface area contributed by atoms with Crippen molar-refractivity contribution in [3.8, 4) is 0 Å². The van der Waals surface area contributed by atoms with Gasteiger partial charge in [0.05, 0.1) is 96.5 Å². The van der Waals surface area contributed by atoms with Crippen LogP contribution in [0.25, 0.3) is 21.5 Å². The normalized spacial score (nSPS) is 16.4. The fraction of sp³-hybridized carbons (Fsp3) is 0.192. The Balaban J connectivity index is 0.000000136. The average molecular weight is 2050 g/mol. The van der Waals surface area contributed by atoms with Gasteiger partial charge in [-0.3, -0.25) is 19.2 Å². The lowest BCUT2D eigenvalue weighted by atomic mass is 9.99. The minimum atomic E-state index is -4.62. The summed E-state index contributed by atoms with van der Waals surface area (Å²) in [5.41, 5.74) is 7.13. The SMILES string of the molecule is O=C(Cc1ccc2ccccc2c1)N1CCN(c2ccc(Cl)cc2Cl)C(c2ccc(Cl)cc2)C1.O=C(Cc1cccc2ccccc12)N1CCN(c2ccc(Cl)cc2Cl)C(c2ccc(Cl)cc2)C1.O=C(c1cccc(C(F)(F)F)c1)N1CCN(c2ccc(Cl)cc2Cl)C(c2ccc(Cl)cc2)C1.O=C(c1ccccc1C(F)(F)F)N1CCN(c2ccc(Cl)cc2Cl)C(c2ccc(Cl)cc2)C1. The summed E-state index contributed by atoms with van der Waals surface area (Å²) in [6.45, 7) is 5.47. The van der Waals surface area contributed by atoms with Crippen molar-refractivity contribution in [2.45, 2.75) is 49.4 Å². The Kier molecular flexibility index (Phi) is 32.1. The molecule has 134 heavy (non-hydrogen) atoms. The van der Waals surface area contributed by atoms with Crippen LogP contribution in [-0.2, 0) is 34.8 Å². The second-order valence-electron chi connectivity index (χ2n) is 32.4. The minimum Gasteiger partial charge on any atom is -0.360 e. The zero-order valence-corrected chi connectivity index (χ0v) is 80.2. The molecule has 4 unspecified atom stereocenters. The molecule has 30 heteroatoms. The third-order valence-electron chi connectivity index (χ3n) is 24.0. The number of benzene rings is 14. The second kappa shape index (κ2) is 43.8. The van der Waals surface area contributed by atoms with Gasteiger partial charge in [-0.25, -0.2) is 0 Å². The van der Waals surface area contributed by atoms with Crippen LogP contribution in [0.2, 0.25) is 60.3 Å². The van der Waals surface area contributed by atoms with Crippen LogP contribution >= 0.6 is 139 Å². The topological polar surface area (TPSA) is 94.2 Å². The lowest BCUT2D eigenvalue weighted by Gasteiger charge is -2.43. The van der Waals surface area contributed by atoms with E-state index in [0.717, 1.165) is 90.5 Å². The fourth-order valence-corrected chi connectivity index (χ4v) is 19.9. The number of fused-ring (bicyclic) bond motifs is 2. The molecule has 4 amide bonds. The highest BCUT2D eigenvalue weighted by molar-refractivity contribution is 6.39. The van der Waals surface area contributed by atoms with Crippen LogP contribution in [0.4, 0.5) is 49.1 Å². The predicted molar refractivity (Wildman–Crippen MR) is 535 cm³/mol. The van der Waals surface area contributed by atoms with Crippen molar-refractivity contribution in [3.63, 3.8) is 0 Å². The highest BCUT2D eigenvalue weighted by atomic mass is 35.5. The van der Waals surface area contributed by atoms with Crippen LogP contribution in [0.1, 0.15) is 89.4 Å². The number of alkyl halides is 6. The van der Waals surface area contributed by atoms with E-state index < -0.39 is 35.3 Å². The van der Waals surface area contributed by atoms with Gasteiger partial charge in [0.2, 0.25) is 11.8 Å². The molecule has 0 saturated carbocycles. The number of hydrogen-bond donors (Lipinski definition) is 0. The molecule has 4 saturated heterocycles. The number of amides is 4. The van der Waals surface area contributed by atoms with E-state index in [0.29, 0.717) is 132 Å². The molecule has 14 aromatic carbocycles. The molecule has 0 aliphatic carbocycles. The van der Waals surface area contributed by atoms with Crippen LogP contribution in [0.5, 0.6) is 0 Å². The van der Waals surface area contributed by atoms with Crippen molar-refractivity contribution < 1.29 is 45.5 Å². The maximum Gasteiger partial charge on any atom is 0.417 e. The summed E-state index contributed by atoms with van der Waals surface area (Å²) >= 11 is 74.8. The van der Waals surface area contributed by atoms with Gasteiger partial charge in [-0.05, 0) is 207 Å². The van der Waals surface area contributed by atoms with E-state index in [4.69, 9.17) is 139 Å². The third kappa shape index (κ3) is 24.0. The number of rotatable bonds is 14. The van der Waals surface area contributed by atoms with Crippen LogP contribution in [0.15, 0.2) is 303 Å². The number of nitrogens with zero attached hydrogens (tertiary/aromatic N) is 8. The van der Waals surface area contributed by atoms with Gasteiger partial charge in [-0.15, -0.1) is 0 Å². The Morgan fingerprint density at radius 3 is 1.04 bits per heavy atom. The lowest BCUT2D eigenvalue weighted by Crippen LogP contribution is -2.51. The number of carbonyl (C=O) groups excluding carboxylic acids is 4. The molecule has 0 spiro atoms. The van der Waals surface area contributed by atoms with Crippen molar-refractivity contribution in [1.82, 2.24) is 19.6 Å². The lowest BCUT2D eigenvalue weighted by molar-refractivity contribution is -0.138. The Morgan fingerprint density at radius 2 is 0.627 bits per heavy atom. The fourth-order valence-electron chi connectivity index (χ4n) is 17.3. The summed E-state index contributed by atoms with van der Waals surface area (Å²) < 4.78 is 79.9. The van der Waals surface area contributed by atoms with Gasteiger partial charge >= 0.3 is 12.4 Å². The molecule has 4 atom stereocenters. The minimum absolute atomic E-state index is 0.00217. The predicted octanol–water partition coefficient (Wildman–Crippen LogP) is 29.6. The van der Waals surface area contributed by atoms with Crippen molar-refractivity contribution in [2.75, 3.05) is 98.1 Å². The van der Waals surface area contributed by atoms with Crippen LogP contribution in [0, 0.1) is 0 Å². The quantitative estimate of drug-likeness (QED) is 0.0994. The molecule has 0 bridgehead atoms. The van der Waals surface area contributed by atoms with Gasteiger partial charge < -0.3 is 39.2 Å². The molecule has 4 aliphatic heterocycles. The van der Waals surface area contributed by atoms with Gasteiger partial charge in [0, 0.05) is 124 Å². The monoisotopic (exact) mass is 2040 g/mol. The first kappa shape index (κ1) is 98.3. The summed E-state index contributed by atoms with van der Waals surface area (Å²) in [5, 5.41) is 11.4. The van der Waals surface area contributed by atoms with Gasteiger partial charge in [0.25, 0.3) is 11.8 Å². The first-order valence-electron chi connectivity index (χ1n) is 42.6. The molecule has 688 valence electrons. The van der Waals surface area contributed by atoms with E-state index in [1.807, 2.05) is 160 Å². The van der Waals surface area contributed by atoms with Gasteiger partial charge in [0.1, 0.15) is 0 Å². The Labute approximate surface area is 832 Å². The van der Waals surface area contributed by atoms with Crippen LogP contribution in [-0.4, -0.2) is 122 Å². The smallest absolute Gasteiger partial charge is 0.360 e. The summed E-state index contributed by atoms with van der Waals surface area (Å²) in [4.78, 5) is 68.6. The van der Waals surface area contributed by atoms with Gasteiger partial charge in [-0.1, -0.05) is 291 Å². The van der Waals surface area contributed by atoms with Crippen molar-refractivity contribution in [2.24, 2.45) is 0 Å². The van der Waals surface area contributed by atoms with Gasteiger partial charge in [0.15, 0.2) is 0 Å². The zero-order valence-electron chi connectivity index (χ0n) is 71.1. The molecule has 18 rings (SSSR count). The van der Waals surface area contributed by atoms with Crippen LogP contribution < -0.4 is 19.6 Å². The summed E-state index contributed by atoms with van der Waals surface area (Å²) in [5.74, 6) is -0.876. The molecule has 4 fully saturated rings. The number of hydrogen-bond acceptors (Lipinski definition) is 8. The van der Waals surface area contributed by atoms with Crippen LogP contribution in [0.3, 0.4) is 0 Å². The third-order valence-corrected chi connectivity index (χ3v) is 27.1. The Bertz CT molecular complexity index is 6580. The van der Waals surface area contributed by atoms with E-state index in [2.05, 4.69) is 57.2 Å². The first-order valence-corrected chi connectivity index (χ1v) is 47.1. The standard InChI is InChI=1S/2C28H23Cl3N2O.2C24H18Cl3F3N2O/c29-22-10-8-20(9-11-22)27-18-32(14-15-33(27)26-13-12-23(30)17-25(26)31)28(34)16-21-6-3-5-19-4-1-2-7-24(19)21;29-23-9-7-21(8-10-23)27-18-32(13-14-33(27)26-12-11-24(30)17-25(26)31)28(34)16-19-5-6-20-3-1-2-4-22(20)15-19;25-18-6-4-15(5-7-18)22-14-31(10-11-32(22)21-9-8-19(26)13-20(21)27)23(33)16-2-1-3-17(12-16)24(28,29)30;25-16-7-5-15(6-8-16)22-14-31(11-12-32(22)21-10-9-17(26)13-20(21)27)23(33)18-3-1-2-4-19(18)24(28,29)30/h1-13,17,27H,14-16,18H2;1-12,15,17,27H,13-14,16,18H2;1-9,12-13,22H,10-11,14H2;1-10,13,22H,11-12,14H2. The van der Waals surface area contributed by atoms with Crippen molar-refractivity contribution in [1.29, 1.82) is 0 Å². The van der Waals surface area contributed by atoms with E-state index in [-0.39, 0.29) is 66.7 Å². The largest absolute Gasteiger partial charge is 0.417 e. The first-order chi connectivity index (χ1) is 64.2. The maximum absolute atomic E-state index is 13.5. The number of carbonyl (C=O) groups is 4. The summed E-state index contributed by atoms with van der Waals surface area (Å²) in [6.07, 6.45) is -8.40. The maximum atomic E-state index is 13.5. The molecule has 14 aromatic rings. The molecule has 4 aliphatic rings. The number of halogens is 18. The highest BCUT2D eigenvalue weighted by Gasteiger charge is 2.41. The van der Waals surface area contributed by atoms with E-state index >= 15 is 0 Å². The summed E-state index contributed by atoms with van der Waals surface area (Å²) in [6, 6.07) is 88.8. The highest BCUT2D eigenvalue weighted by Crippen LogP contribution is 2.45. The second-order valence-corrected chi connectivity index (χ2v) is 37.5. The Morgan fingerprint density at radius 1 is 0.284 bits per heavy atom. The summed E-state index contributed by atoms with van der Waals surface area (Å²) in [7, 11) is 0. The number of piperazine rings is 4. The molecular formula is C104H82Cl12F6N8O4. The van der Waals surface area contributed by atoms with Crippen molar-refractivity contribution in [3.05, 3.63) is 419 Å². The van der Waals surface area contributed by atoms with E-state index in [9.17, 15) is 45.5 Å². The molecule has 0 radical (unpaired) electrons.